The van der Waals surface area contributed by atoms with Gasteiger partial charge in [-0.1, -0.05) is 13.8 Å². The van der Waals surface area contributed by atoms with Gasteiger partial charge in [-0.05, 0) is 61.3 Å². The van der Waals surface area contributed by atoms with Gasteiger partial charge in [-0.25, -0.2) is 23.2 Å². The molecule has 6 nitrogen and oxygen atoms in total. The highest BCUT2D eigenvalue weighted by Crippen LogP contribution is 2.46. The number of aromatic nitrogens is 3. The van der Waals surface area contributed by atoms with Gasteiger partial charge in [0.05, 0.1) is 10.6 Å². The van der Waals surface area contributed by atoms with Crippen LogP contribution in [0.3, 0.4) is 0 Å². The first-order chi connectivity index (χ1) is 11.7. The molecule has 0 radical (unpaired) electrons. The molecule has 2 aliphatic carbocycles. The van der Waals surface area contributed by atoms with Gasteiger partial charge in [0, 0.05) is 12.3 Å². The van der Waals surface area contributed by atoms with Crippen LogP contribution in [0.25, 0.3) is 5.69 Å². The Hall–Kier alpha value is -1.73. The molecule has 2 fully saturated rings. The number of hydrogen-bond donors (Lipinski definition) is 1. The van der Waals surface area contributed by atoms with Crippen LogP contribution in [0, 0.1) is 11.3 Å². The summed E-state index contributed by atoms with van der Waals surface area (Å²) in [4.78, 5) is 4.91. The third-order valence-electron chi connectivity index (χ3n) is 5.20. The van der Waals surface area contributed by atoms with E-state index in [0.717, 1.165) is 36.6 Å². The molecule has 1 heterocycles. The third kappa shape index (κ3) is 3.48. The number of sulfonamides is 1. The fourth-order valence-corrected chi connectivity index (χ4v) is 4.41. The van der Waals surface area contributed by atoms with E-state index in [1.54, 1.807) is 12.1 Å². The topological polar surface area (TPSA) is 90.9 Å². The lowest BCUT2D eigenvalue weighted by Crippen LogP contribution is -2.33. The van der Waals surface area contributed by atoms with Gasteiger partial charge in [-0.3, -0.25) is 0 Å². The Kier molecular flexibility index (Phi) is 3.77. The number of rotatable bonds is 5. The van der Waals surface area contributed by atoms with E-state index < -0.39 is 10.0 Å². The molecule has 0 unspecified atom stereocenters. The number of benzene rings is 1. The maximum Gasteiger partial charge on any atom is 0.238 e. The van der Waals surface area contributed by atoms with Gasteiger partial charge in [-0.15, -0.1) is 0 Å². The Bertz CT molecular complexity index is 888. The van der Waals surface area contributed by atoms with Crippen molar-refractivity contribution in [3.63, 3.8) is 0 Å². The Morgan fingerprint density at radius 2 is 1.84 bits per heavy atom. The summed E-state index contributed by atoms with van der Waals surface area (Å²) in [6, 6.07) is 6.55. The molecule has 2 aromatic rings. The second-order valence-corrected chi connectivity index (χ2v) is 9.82. The molecule has 1 aromatic heterocycles. The van der Waals surface area contributed by atoms with Crippen molar-refractivity contribution in [2.45, 2.75) is 56.8 Å². The highest BCUT2D eigenvalue weighted by molar-refractivity contribution is 7.89. The molecule has 0 saturated heterocycles. The zero-order valence-electron chi connectivity index (χ0n) is 14.6. The molecule has 0 amide bonds. The van der Waals surface area contributed by atoms with E-state index in [0.29, 0.717) is 17.3 Å². The van der Waals surface area contributed by atoms with Crippen LogP contribution in [0.1, 0.15) is 57.1 Å². The molecule has 0 aliphatic heterocycles. The summed E-state index contributed by atoms with van der Waals surface area (Å²) in [7, 11) is -3.68. The number of primary sulfonamides is 1. The molecular formula is C18H24N4O2S. The summed E-state index contributed by atoms with van der Waals surface area (Å²) >= 11 is 0. The maximum atomic E-state index is 11.4. The lowest BCUT2D eigenvalue weighted by atomic mass is 9.63. The molecular weight excluding hydrogens is 336 g/mol. The second-order valence-electron chi connectivity index (χ2n) is 8.25. The predicted molar refractivity (Wildman–Crippen MR) is 94.9 cm³/mol. The zero-order chi connectivity index (χ0) is 17.8. The molecule has 4 rings (SSSR count). The minimum Gasteiger partial charge on any atom is -0.225 e. The molecule has 2 N–H and O–H groups in total. The molecule has 2 saturated carbocycles. The van der Waals surface area contributed by atoms with E-state index >= 15 is 0 Å². The number of nitrogens with zero attached hydrogens (tertiary/aromatic N) is 3. The first kappa shape index (κ1) is 16.7. The third-order valence-corrected chi connectivity index (χ3v) is 6.13. The Balaban J connectivity index is 1.63. The lowest BCUT2D eigenvalue weighted by Gasteiger charge is -2.42. The summed E-state index contributed by atoms with van der Waals surface area (Å²) in [6.07, 6.45) is 5.65. The summed E-state index contributed by atoms with van der Waals surface area (Å²) < 4.78 is 24.8. The maximum absolute atomic E-state index is 11.4. The van der Waals surface area contributed by atoms with Crippen LogP contribution in [-0.4, -0.2) is 23.2 Å². The predicted octanol–water partition coefficient (Wildman–Crippen LogP) is 2.77. The van der Waals surface area contributed by atoms with Gasteiger partial charge in [0.15, 0.2) is 5.82 Å². The van der Waals surface area contributed by atoms with Gasteiger partial charge in [0.1, 0.15) is 5.82 Å². The normalized spacial score (nSPS) is 20.4. The smallest absolute Gasteiger partial charge is 0.225 e. The molecule has 25 heavy (non-hydrogen) atoms. The summed E-state index contributed by atoms with van der Waals surface area (Å²) in [5.41, 5.74) is 1.27. The quantitative estimate of drug-likeness (QED) is 0.887. The SMILES string of the molecule is CC1(C)CC(Cc2nc(C3CC3)nn2-c2ccc(S(N)(=O)=O)cc2)C1. The molecule has 134 valence electrons. The van der Waals surface area contributed by atoms with E-state index in [9.17, 15) is 8.42 Å². The van der Waals surface area contributed by atoms with Crippen molar-refractivity contribution >= 4 is 10.0 Å². The summed E-state index contributed by atoms with van der Waals surface area (Å²) in [5.74, 6) is 3.03. The van der Waals surface area contributed by atoms with Crippen molar-refractivity contribution in [1.82, 2.24) is 14.8 Å². The van der Waals surface area contributed by atoms with E-state index in [2.05, 4.69) is 13.8 Å². The first-order valence-corrected chi connectivity index (χ1v) is 10.3. The van der Waals surface area contributed by atoms with E-state index in [1.807, 2.05) is 4.68 Å². The van der Waals surface area contributed by atoms with Crippen LogP contribution >= 0.6 is 0 Å². The van der Waals surface area contributed by atoms with Gasteiger partial charge < -0.3 is 0 Å². The first-order valence-electron chi connectivity index (χ1n) is 8.80. The van der Waals surface area contributed by atoms with Gasteiger partial charge >= 0.3 is 0 Å². The number of nitrogens with two attached hydrogens (primary N) is 1. The van der Waals surface area contributed by atoms with Gasteiger partial charge in [0.25, 0.3) is 0 Å². The highest BCUT2D eigenvalue weighted by Gasteiger charge is 2.37. The van der Waals surface area contributed by atoms with Crippen molar-refractivity contribution in [3.8, 4) is 5.69 Å². The Labute approximate surface area is 148 Å². The number of hydrogen-bond acceptors (Lipinski definition) is 4. The average Bonchev–Trinajstić information content (AvgIpc) is 3.26. The Morgan fingerprint density at radius 3 is 2.36 bits per heavy atom. The van der Waals surface area contributed by atoms with Crippen molar-refractivity contribution < 1.29 is 8.42 Å². The van der Waals surface area contributed by atoms with E-state index in [-0.39, 0.29) is 4.90 Å². The molecule has 0 atom stereocenters. The largest absolute Gasteiger partial charge is 0.238 e. The van der Waals surface area contributed by atoms with Crippen LogP contribution in [0.4, 0.5) is 0 Å². The van der Waals surface area contributed by atoms with E-state index in [4.69, 9.17) is 15.2 Å². The highest BCUT2D eigenvalue weighted by atomic mass is 32.2. The standard InChI is InChI=1S/C18H24N4O2S/c1-18(2)10-12(11-18)9-16-20-17(13-3-4-13)21-22(16)14-5-7-15(8-6-14)25(19,23)24/h5-8,12-13H,3-4,9-11H2,1-2H3,(H2,19,23,24). The molecule has 2 aliphatic rings. The minimum absolute atomic E-state index is 0.112. The summed E-state index contributed by atoms with van der Waals surface area (Å²) in [5, 5.41) is 9.89. The molecule has 7 heteroatoms. The monoisotopic (exact) mass is 360 g/mol. The van der Waals surface area contributed by atoms with Gasteiger partial charge in [-0.2, -0.15) is 5.10 Å². The average molecular weight is 360 g/mol. The summed E-state index contributed by atoms with van der Waals surface area (Å²) in [6.45, 7) is 4.60. The van der Waals surface area contributed by atoms with Crippen LogP contribution in [0.15, 0.2) is 29.2 Å². The minimum atomic E-state index is -3.68. The molecule has 0 spiro atoms. The van der Waals surface area contributed by atoms with Crippen molar-refractivity contribution in [2.75, 3.05) is 0 Å². The lowest BCUT2D eigenvalue weighted by molar-refractivity contribution is 0.0950. The van der Waals surface area contributed by atoms with Crippen LogP contribution < -0.4 is 5.14 Å². The van der Waals surface area contributed by atoms with Crippen LogP contribution in [0.2, 0.25) is 0 Å². The molecule has 1 aromatic carbocycles. The fourth-order valence-electron chi connectivity index (χ4n) is 3.90. The Morgan fingerprint density at radius 1 is 1.20 bits per heavy atom. The van der Waals surface area contributed by atoms with Crippen molar-refractivity contribution in [1.29, 1.82) is 0 Å². The van der Waals surface area contributed by atoms with Crippen molar-refractivity contribution in [2.24, 2.45) is 16.5 Å². The zero-order valence-corrected chi connectivity index (χ0v) is 15.5. The van der Waals surface area contributed by atoms with Crippen molar-refractivity contribution in [3.05, 3.63) is 35.9 Å². The molecule has 0 bridgehead atoms. The fraction of sp³-hybridized carbons (Fsp3) is 0.556. The van der Waals surface area contributed by atoms with Gasteiger partial charge in [0.2, 0.25) is 10.0 Å². The van der Waals surface area contributed by atoms with Crippen LogP contribution in [0.5, 0.6) is 0 Å². The second kappa shape index (κ2) is 5.64. The van der Waals surface area contributed by atoms with Crippen LogP contribution in [-0.2, 0) is 16.4 Å². The van der Waals surface area contributed by atoms with E-state index in [1.165, 1.54) is 25.0 Å².